The molecule has 0 N–H and O–H groups in total. The number of nitriles is 1. The van der Waals surface area contributed by atoms with Gasteiger partial charge in [-0.25, -0.2) is 0 Å². The van der Waals surface area contributed by atoms with Gasteiger partial charge in [-0.3, -0.25) is 4.90 Å². The maximum Gasteiger partial charge on any atom is 0.0991 e. The molecule has 1 fully saturated rings. The van der Waals surface area contributed by atoms with Crippen LogP contribution < -0.4 is 0 Å². The highest BCUT2D eigenvalue weighted by Gasteiger charge is 2.20. The van der Waals surface area contributed by atoms with Gasteiger partial charge in [0, 0.05) is 32.2 Å². The fourth-order valence-electron chi connectivity index (χ4n) is 2.21. The van der Waals surface area contributed by atoms with Crippen LogP contribution in [0.3, 0.4) is 0 Å². The van der Waals surface area contributed by atoms with Crippen LogP contribution in [0.5, 0.6) is 0 Å². The van der Waals surface area contributed by atoms with E-state index in [1.54, 1.807) is 0 Å². The van der Waals surface area contributed by atoms with Gasteiger partial charge in [-0.1, -0.05) is 12.1 Å². The molecule has 0 spiro atoms. The van der Waals surface area contributed by atoms with Gasteiger partial charge in [0.25, 0.3) is 0 Å². The first kappa shape index (κ1) is 12.1. The molecular formula is C14H19N3. The number of hydrogen-bond donors (Lipinski definition) is 0. The molecule has 1 aliphatic rings. The molecule has 3 nitrogen and oxygen atoms in total. The minimum Gasteiger partial charge on any atom is -0.301 e. The van der Waals surface area contributed by atoms with Gasteiger partial charge in [-0.15, -0.1) is 0 Å². The molecule has 17 heavy (non-hydrogen) atoms. The molecule has 0 aromatic heterocycles. The van der Waals surface area contributed by atoms with Gasteiger partial charge in [0.15, 0.2) is 0 Å². The van der Waals surface area contributed by atoms with Crippen LogP contribution >= 0.6 is 0 Å². The average molecular weight is 229 g/mol. The summed E-state index contributed by atoms with van der Waals surface area (Å²) in [5, 5.41) is 8.75. The van der Waals surface area contributed by atoms with Crippen LogP contribution in [-0.4, -0.2) is 42.5 Å². The third kappa shape index (κ3) is 3.06. The summed E-state index contributed by atoms with van der Waals surface area (Å²) in [4.78, 5) is 4.88. The van der Waals surface area contributed by atoms with Crippen LogP contribution in [0.25, 0.3) is 0 Å². The minimum atomic E-state index is 0.627. The highest BCUT2D eigenvalue weighted by molar-refractivity contribution is 5.31. The number of benzene rings is 1. The highest BCUT2D eigenvalue weighted by Crippen LogP contribution is 2.12. The summed E-state index contributed by atoms with van der Waals surface area (Å²) in [6.45, 7) is 6.64. The van der Waals surface area contributed by atoms with E-state index >= 15 is 0 Å². The van der Waals surface area contributed by atoms with Gasteiger partial charge in [0.1, 0.15) is 0 Å². The Kier molecular flexibility index (Phi) is 3.78. The van der Waals surface area contributed by atoms with E-state index in [0.717, 1.165) is 31.7 Å². The van der Waals surface area contributed by atoms with E-state index in [1.807, 2.05) is 12.1 Å². The van der Waals surface area contributed by atoms with E-state index in [9.17, 15) is 0 Å². The molecule has 1 unspecified atom stereocenters. The lowest BCUT2D eigenvalue weighted by atomic mass is 10.1. The molecule has 1 aromatic rings. The first-order chi connectivity index (χ1) is 8.19. The summed E-state index contributed by atoms with van der Waals surface area (Å²) in [6.07, 6.45) is 0. The van der Waals surface area contributed by atoms with Crippen molar-refractivity contribution in [3.05, 3.63) is 35.4 Å². The molecule has 1 aromatic carbocycles. The second-order valence-corrected chi connectivity index (χ2v) is 4.87. The van der Waals surface area contributed by atoms with Crippen LogP contribution in [0.4, 0.5) is 0 Å². The Morgan fingerprint density at radius 2 is 2.00 bits per heavy atom. The Balaban J connectivity index is 1.94. The molecule has 1 saturated heterocycles. The van der Waals surface area contributed by atoms with E-state index < -0.39 is 0 Å². The molecule has 0 aliphatic carbocycles. The maximum atomic E-state index is 8.75. The van der Waals surface area contributed by atoms with Crippen LogP contribution in [-0.2, 0) is 6.54 Å². The average Bonchev–Trinajstić information content (AvgIpc) is 2.35. The highest BCUT2D eigenvalue weighted by atomic mass is 15.3. The van der Waals surface area contributed by atoms with E-state index in [1.165, 1.54) is 5.56 Å². The van der Waals surface area contributed by atoms with Crippen molar-refractivity contribution in [3.8, 4) is 6.07 Å². The molecule has 90 valence electrons. The second-order valence-electron chi connectivity index (χ2n) is 4.87. The first-order valence-corrected chi connectivity index (χ1v) is 6.10. The van der Waals surface area contributed by atoms with Gasteiger partial charge in [-0.05, 0) is 31.7 Å². The van der Waals surface area contributed by atoms with Crippen molar-refractivity contribution in [1.29, 1.82) is 5.26 Å². The van der Waals surface area contributed by atoms with Crippen LogP contribution in [0.1, 0.15) is 18.1 Å². The molecule has 2 rings (SSSR count). The second kappa shape index (κ2) is 5.31. The Morgan fingerprint density at radius 3 is 2.59 bits per heavy atom. The summed E-state index contributed by atoms with van der Waals surface area (Å²) in [5.41, 5.74) is 2.03. The summed E-state index contributed by atoms with van der Waals surface area (Å²) < 4.78 is 0. The van der Waals surface area contributed by atoms with E-state index in [4.69, 9.17) is 5.26 Å². The molecule has 0 saturated carbocycles. The van der Waals surface area contributed by atoms with Crippen LogP contribution in [0.2, 0.25) is 0 Å². The maximum absolute atomic E-state index is 8.75. The normalized spacial score (nSPS) is 22.3. The van der Waals surface area contributed by atoms with Gasteiger partial charge < -0.3 is 4.90 Å². The van der Waals surface area contributed by atoms with Crippen molar-refractivity contribution in [3.63, 3.8) is 0 Å². The third-order valence-electron chi connectivity index (χ3n) is 3.53. The number of hydrogen-bond acceptors (Lipinski definition) is 3. The summed E-state index contributed by atoms with van der Waals surface area (Å²) in [7, 11) is 2.18. The van der Waals surface area contributed by atoms with Gasteiger partial charge >= 0.3 is 0 Å². The van der Waals surface area contributed by atoms with Crippen molar-refractivity contribution >= 4 is 0 Å². The predicted octanol–water partition coefficient (Wildman–Crippen LogP) is 1.69. The largest absolute Gasteiger partial charge is 0.301 e. The number of piperazine rings is 1. The van der Waals surface area contributed by atoms with Crippen LogP contribution in [0.15, 0.2) is 24.3 Å². The Labute approximate surface area is 103 Å². The fourth-order valence-corrected chi connectivity index (χ4v) is 2.21. The standard InChI is InChI=1S/C14H19N3/c1-12-10-17(8-7-16(12)2)11-14-5-3-13(9-15)4-6-14/h3-6,12H,7-8,10-11H2,1-2H3. The van der Waals surface area contributed by atoms with Crippen molar-refractivity contribution < 1.29 is 0 Å². The number of likely N-dealkylation sites (N-methyl/N-ethyl adjacent to an activating group) is 1. The molecular weight excluding hydrogens is 210 g/mol. The molecule has 1 atom stereocenters. The predicted molar refractivity (Wildman–Crippen MR) is 68.5 cm³/mol. The fraction of sp³-hybridized carbons (Fsp3) is 0.500. The first-order valence-electron chi connectivity index (χ1n) is 6.10. The lowest BCUT2D eigenvalue weighted by molar-refractivity contribution is 0.1000. The quantitative estimate of drug-likeness (QED) is 0.773. The van der Waals surface area contributed by atoms with Gasteiger partial charge in [-0.2, -0.15) is 5.26 Å². The molecule has 0 amide bonds. The molecule has 3 heteroatoms. The monoisotopic (exact) mass is 229 g/mol. The Morgan fingerprint density at radius 1 is 1.29 bits per heavy atom. The summed E-state index contributed by atoms with van der Waals surface area (Å²) in [6, 6.07) is 10.7. The third-order valence-corrected chi connectivity index (χ3v) is 3.53. The molecule has 1 aliphatic heterocycles. The lowest BCUT2D eigenvalue weighted by Gasteiger charge is -2.37. The number of nitrogens with zero attached hydrogens (tertiary/aromatic N) is 3. The number of rotatable bonds is 2. The molecule has 0 radical (unpaired) electrons. The van der Waals surface area contributed by atoms with E-state index in [2.05, 4.69) is 42.0 Å². The Hall–Kier alpha value is -1.37. The SMILES string of the molecule is CC1CN(Cc2ccc(C#N)cc2)CCN1C. The van der Waals surface area contributed by atoms with E-state index in [0.29, 0.717) is 6.04 Å². The van der Waals surface area contributed by atoms with Crippen molar-refractivity contribution in [2.45, 2.75) is 19.5 Å². The zero-order valence-electron chi connectivity index (χ0n) is 10.6. The van der Waals surface area contributed by atoms with Crippen LogP contribution in [0, 0.1) is 11.3 Å². The van der Waals surface area contributed by atoms with E-state index in [-0.39, 0.29) is 0 Å². The lowest BCUT2D eigenvalue weighted by Crippen LogP contribution is -2.49. The Bertz CT molecular complexity index is 404. The summed E-state index contributed by atoms with van der Waals surface area (Å²) in [5.74, 6) is 0. The van der Waals surface area contributed by atoms with Gasteiger partial charge in [0.2, 0.25) is 0 Å². The van der Waals surface area contributed by atoms with Crippen molar-refractivity contribution in [2.24, 2.45) is 0 Å². The minimum absolute atomic E-state index is 0.627. The van der Waals surface area contributed by atoms with Crippen molar-refractivity contribution in [1.82, 2.24) is 9.80 Å². The zero-order chi connectivity index (χ0) is 12.3. The smallest absolute Gasteiger partial charge is 0.0991 e. The summed E-state index contributed by atoms with van der Waals surface area (Å²) >= 11 is 0. The van der Waals surface area contributed by atoms with Crippen molar-refractivity contribution in [2.75, 3.05) is 26.7 Å². The zero-order valence-corrected chi connectivity index (χ0v) is 10.6. The molecule has 1 heterocycles. The van der Waals surface area contributed by atoms with Gasteiger partial charge in [0.05, 0.1) is 11.6 Å². The molecule has 0 bridgehead atoms. The topological polar surface area (TPSA) is 30.3 Å².